The third-order valence-corrected chi connectivity index (χ3v) is 4.28. The maximum Gasteiger partial charge on any atom is 0.236 e. The molecule has 1 aliphatic rings. The average Bonchev–Trinajstić information content (AvgIpc) is 2.36. The van der Waals surface area contributed by atoms with Crippen molar-refractivity contribution in [2.75, 3.05) is 6.54 Å². The van der Waals surface area contributed by atoms with Gasteiger partial charge in [-0.1, -0.05) is 27.7 Å². The van der Waals surface area contributed by atoms with E-state index in [1.165, 1.54) is 25.7 Å². The molecule has 3 nitrogen and oxygen atoms in total. The minimum atomic E-state index is -0.0700. The molecule has 19 heavy (non-hydrogen) atoms. The number of hydrogen-bond acceptors (Lipinski definition) is 2. The summed E-state index contributed by atoms with van der Waals surface area (Å²) >= 11 is 0. The summed E-state index contributed by atoms with van der Waals surface area (Å²) < 4.78 is 0. The maximum atomic E-state index is 11.9. The van der Waals surface area contributed by atoms with Crippen molar-refractivity contribution in [1.29, 1.82) is 0 Å². The average molecular weight is 268 g/mol. The fourth-order valence-corrected chi connectivity index (χ4v) is 2.84. The van der Waals surface area contributed by atoms with E-state index in [-0.39, 0.29) is 11.9 Å². The van der Waals surface area contributed by atoms with Crippen molar-refractivity contribution in [2.24, 2.45) is 17.8 Å². The molecule has 1 saturated carbocycles. The van der Waals surface area contributed by atoms with Crippen LogP contribution in [-0.2, 0) is 4.79 Å². The Morgan fingerprint density at radius 2 is 1.63 bits per heavy atom. The van der Waals surface area contributed by atoms with E-state index in [0.29, 0.717) is 12.0 Å². The van der Waals surface area contributed by atoms with Gasteiger partial charge >= 0.3 is 0 Å². The van der Waals surface area contributed by atoms with Crippen LogP contribution in [0.5, 0.6) is 0 Å². The summed E-state index contributed by atoms with van der Waals surface area (Å²) in [4.78, 5) is 11.9. The molecule has 0 saturated heterocycles. The van der Waals surface area contributed by atoms with Crippen molar-refractivity contribution in [3.8, 4) is 0 Å². The largest absolute Gasteiger partial charge is 0.354 e. The second kappa shape index (κ2) is 7.88. The highest BCUT2D eigenvalue weighted by Crippen LogP contribution is 2.29. The van der Waals surface area contributed by atoms with Crippen LogP contribution in [-0.4, -0.2) is 24.5 Å². The van der Waals surface area contributed by atoms with Gasteiger partial charge in [0.25, 0.3) is 0 Å². The predicted octanol–water partition coefficient (Wildman–Crippen LogP) is 2.95. The Hall–Kier alpha value is -0.570. The third kappa shape index (κ3) is 5.94. The van der Waals surface area contributed by atoms with Crippen molar-refractivity contribution in [2.45, 2.75) is 72.4 Å². The standard InChI is InChI=1S/C16H32N2O/c1-11(2)10-17-16(19)13(5)18-15-8-6-14(7-9-15)12(3)4/h11-15,18H,6-10H2,1-5H3,(H,17,19). The number of amides is 1. The molecule has 0 heterocycles. The summed E-state index contributed by atoms with van der Waals surface area (Å²) in [7, 11) is 0. The maximum absolute atomic E-state index is 11.9. The first-order valence-corrected chi connectivity index (χ1v) is 7.94. The Labute approximate surface area is 118 Å². The van der Waals surface area contributed by atoms with Crippen molar-refractivity contribution in [3.63, 3.8) is 0 Å². The highest BCUT2D eigenvalue weighted by molar-refractivity contribution is 5.81. The Bertz CT molecular complexity index is 268. The quantitative estimate of drug-likeness (QED) is 0.777. The van der Waals surface area contributed by atoms with Crippen molar-refractivity contribution < 1.29 is 4.79 Å². The highest BCUT2D eigenvalue weighted by atomic mass is 16.2. The number of nitrogens with one attached hydrogen (secondary N) is 2. The second-order valence-corrected chi connectivity index (χ2v) is 6.88. The van der Waals surface area contributed by atoms with Crippen LogP contribution in [0, 0.1) is 17.8 Å². The Kier molecular flexibility index (Phi) is 6.84. The van der Waals surface area contributed by atoms with Crippen LogP contribution in [0.4, 0.5) is 0 Å². The van der Waals surface area contributed by atoms with E-state index in [4.69, 9.17) is 0 Å². The molecule has 1 rings (SSSR count). The minimum absolute atomic E-state index is 0.0700. The molecule has 0 aromatic heterocycles. The molecule has 2 N–H and O–H groups in total. The zero-order valence-electron chi connectivity index (χ0n) is 13.3. The first kappa shape index (κ1) is 16.5. The molecule has 1 unspecified atom stereocenters. The monoisotopic (exact) mass is 268 g/mol. The number of carbonyl (C=O) groups is 1. The van der Waals surface area contributed by atoms with E-state index in [2.05, 4.69) is 38.3 Å². The van der Waals surface area contributed by atoms with Gasteiger partial charge in [0.2, 0.25) is 5.91 Å². The van der Waals surface area contributed by atoms with E-state index in [9.17, 15) is 4.79 Å². The number of rotatable bonds is 6. The van der Waals surface area contributed by atoms with Crippen LogP contribution < -0.4 is 10.6 Å². The summed E-state index contributed by atoms with van der Waals surface area (Å²) in [5.41, 5.74) is 0. The second-order valence-electron chi connectivity index (χ2n) is 6.88. The van der Waals surface area contributed by atoms with E-state index in [0.717, 1.165) is 18.4 Å². The van der Waals surface area contributed by atoms with Gasteiger partial charge in [-0.3, -0.25) is 4.79 Å². The molecule has 0 spiro atoms. The van der Waals surface area contributed by atoms with E-state index in [1.807, 2.05) is 6.92 Å². The van der Waals surface area contributed by atoms with Crippen LogP contribution in [0.25, 0.3) is 0 Å². The first-order valence-electron chi connectivity index (χ1n) is 7.94. The van der Waals surface area contributed by atoms with Crippen molar-refractivity contribution in [1.82, 2.24) is 10.6 Å². The molecular formula is C16H32N2O. The Morgan fingerprint density at radius 3 is 2.11 bits per heavy atom. The molecule has 1 amide bonds. The minimum Gasteiger partial charge on any atom is -0.354 e. The molecule has 0 aromatic carbocycles. The highest BCUT2D eigenvalue weighted by Gasteiger charge is 2.25. The lowest BCUT2D eigenvalue weighted by Gasteiger charge is -2.32. The van der Waals surface area contributed by atoms with Gasteiger partial charge in [0.05, 0.1) is 6.04 Å². The van der Waals surface area contributed by atoms with Crippen molar-refractivity contribution in [3.05, 3.63) is 0 Å². The fourth-order valence-electron chi connectivity index (χ4n) is 2.84. The molecule has 1 atom stereocenters. The molecule has 1 aliphatic carbocycles. The lowest BCUT2D eigenvalue weighted by Crippen LogP contribution is -2.48. The third-order valence-electron chi connectivity index (χ3n) is 4.28. The molecule has 0 aliphatic heterocycles. The van der Waals surface area contributed by atoms with Gasteiger partial charge in [-0.15, -0.1) is 0 Å². The summed E-state index contributed by atoms with van der Waals surface area (Å²) in [5.74, 6) is 2.33. The van der Waals surface area contributed by atoms with E-state index >= 15 is 0 Å². The normalized spacial score (nSPS) is 25.6. The van der Waals surface area contributed by atoms with Crippen molar-refractivity contribution >= 4 is 5.91 Å². The van der Waals surface area contributed by atoms with E-state index < -0.39 is 0 Å². The van der Waals surface area contributed by atoms with Crippen LogP contribution in [0.1, 0.15) is 60.3 Å². The van der Waals surface area contributed by atoms with Crippen LogP contribution in [0.15, 0.2) is 0 Å². The van der Waals surface area contributed by atoms with Crippen LogP contribution >= 0.6 is 0 Å². The van der Waals surface area contributed by atoms with Gasteiger partial charge in [0.15, 0.2) is 0 Å². The summed E-state index contributed by atoms with van der Waals surface area (Å²) in [5, 5.41) is 6.49. The molecule has 112 valence electrons. The predicted molar refractivity (Wildman–Crippen MR) is 81.0 cm³/mol. The van der Waals surface area contributed by atoms with Gasteiger partial charge < -0.3 is 10.6 Å². The molecule has 0 radical (unpaired) electrons. The Balaban J connectivity index is 2.26. The lowest BCUT2D eigenvalue weighted by atomic mass is 9.79. The molecular weight excluding hydrogens is 236 g/mol. The summed E-state index contributed by atoms with van der Waals surface area (Å²) in [6.07, 6.45) is 5.03. The lowest BCUT2D eigenvalue weighted by molar-refractivity contribution is -0.123. The van der Waals surface area contributed by atoms with Crippen LogP contribution in [0.2, 0.25) is 0 Å². The SMILES string of the molecule is CC(C)CNC(=O)C(C)NC1CCC(C(C)C)CC1. The van der Waals surface area contributed by atoms with Gasteiger partial charge in [-0.2, -0.15) is 0 Å². The van der Waals surface area contributed by atoms with Crippen LogP contribution in [0.3, 0.4) is 0 Å². The first-order chi connectivity index (χ1) is 8.90. The fraction of sp³-hybridized carbons (Fsp3) is 0.938. The van der Waals surface area contributed by atoms with Gasteiger partial charge in [-0.05, 0) is 50.4 Å². The summed E-state index contributed by atoms with van der Waals surface area (Å²) in [6, 6.07) is 0.453. The molecule has 0 aromatic rings. The van der Waals surface area contributed by atoms with Gasteiger partial charge in [0, 0.05) is 12.6 Å². The smallest absolute Gasteiger partial charge is 0.236 e. The van der Waals surface area contributed by atoms with Gasteiger partial charge in [0.1, 0.15) is 0 Å². The topological polar surface area (TPSA) is 41.1 Å². The number of hydrogen-bond donors (Lipinski definition) is 2. The van der Waals surface area contributed by atoms with Gasteiger partial charge in [-0.25, -0.2) is 0 Å². The van der Waals surface area contributed by atoms with E-state index in [1.54, 1.807) is 0 Å². The molecule has 3 heteroatoms. The molecule has 0 bridgehead atoms. The zero-order chi connectivity index (χ0) is 14.4. The molecule has 1 fully saturated rings. The Morgan fingerprint density at radius 1 is 1.05 bits per heavy atom. The zero-order valence-corrected chi connectivity index (χ0v) is 13.3. The summed E-state index contributed by atoms with van der Waals surface area (Å²) in [6.45, 7) is 11.6. The number of carbonyl (C=O) groups excluding carboxylic acids is 1.